The van der Waals surface area contributed by atoms with Gasteiger partial charge in [0.05, 0.1) is 18.3 Å². The van der Waals surface area contributed by atoms with Crippen LogP contribution in [0.4, 0.5) is 0 Å². The van der Waals surface area contributed by atoms with Crippen LogP contribution in [-0.4, -0.2) is 14.5 Å². The summed E-state index contributed by atoms with van der Waals surface area (Å²) in [5.41, 5.74) is 8.76. The molecule has 2 heterocycles. The highest BCUT2D eigenvalue weighted by Gasteiger charge is 2.21. The number of rotatable bonds is 3. The van der Waals surface area contributed by atoms with Gasteiger partial charge >= 0.3 is 0 Å². The van der Waals surface area contributed by atoms with Crippen LogP contribution in [0.1, 0.15) is 28.0 Å². The monoisotopic (exact) mass is 341 g/mol. The fourth-order valence-electron chi connectivity index (χ4n) is 3.10. The van der Waals surface area contributed by atoms with Crippen molar-refractivity contribution in [1.29, 1.82) is 0 Å². The van der Waals surface area contributed by atoms with Crippen molar-refractivity contribution in [2.45, 2.75) is 25.8 Å². The number of hydrogen-bond donors (Lipinski definition) is 1. The lowest BCUT2D eigenvalue weighted by Gasteiger charge is -2.07. The maximum atomic E-state index is 12.8. The highest BCUT2D eigenvalue weighted by atomic mass is 32.1. The first-order valence-corrected chi connectivity index (χ1v) is 8.74. The number of hydrogen-bond acceptors (Lipinski definition) is 4. The number of nitrogens with zero attached hydrogens (tertiary/aromatic N) is 2. The van der Waals surface area contributed by atoms with Crippen molar-refractivity contribution in [2.75, 3.05) is 0 Å². The summed E-state index contributed by atoms with van der Waals surface area (Å²) in [6.45, 7) is 0.504. The molecule has 4 nitrogen and oxygen atoms in total. The summed E-state index contributed by atoms with van der Waals surface area (Å²) in [4.78, 5) is 19.9. The number of aryl methyl sites for hydroxylation is 2. The maximum Gasteiger partial charge on any atom is 0.262 e. The summed E-state index contributed by atoms with van der Waals surface area (Å²) in [7, 11) is 0. The topological polar surface area (TPSA) is 60.9 Å². The van der Waals surface area contributed by atoms with E-state index in [4.69, 9.17) is 18.0 Å². The zero-order valence-corrected chi connectivity index (χ0v) is 14.0. The molecule has 3 aromatic rings. The van der Waals surface area contributed by atoms with Crippen molar-refractivity contribution in [3.63, 3.8) is 0 Å². The van der Waals surface area contributed by atoms with Crippen LogP contribution in [0.3, 0.4) is 0 Å². The van der Waals surface area contributed by atoms with Crippen molar-refractivity contribution in [3.05, 3.63) is 62.5 Å². The summed E-state index contributed by atoms with van der Waals surface area (Å²) < 4.78 is 1.68. The third kappa shape index (κ3) is 2.48. The first-order valence-electron chi connectivity index (χ1n) is 7.52. The van der Waals surface area contributed by atoms with E-state index >= 15 is 0 Å². The summed E-state index contributed by atoms with van der Waals surface area (Å²) >= 11 is 6.63. The Balaban J connectivity index is 1.73. The lowest BCUT2D eigenvalue weighted by molar-refractivity contribution is 0.748. The summed E-state index contributed by atoms with van der Waals surface area (Å²) in [6.07, 6.45) is 4.87. The largest absolute Gasteiger partial charge is 0.389 e. The molecule has 0 unspecified atom stereocenters. The molecule has 0 aliphatic heterocycles. The number of benzene rings is 1. The van der Waals surface area contributed by atoms with E-state index in [9.17, 15) is 4.79 Å². The van der Waals surface area contributed by atoms with E-state index in [1.54, 1.807) is 22.2 Å². The Morgan fingerprint density at radius 2 is 2.09 bits per heavy atom. The molecule has 1 aliphatic carbocycles. The average Bonchev–Trinajstić information content (AvgIpc) is 3.11. The zero-order chi connectivity index (χ0) is 16.0. The predicted octanol–water partition coefficient (Wildman–Crippen LogP) is 2.63. The van der Waals surface area contributed by atoms with Crippen LogP contribution in [-0.2, 0) is 19.4 Å². The minimum Gasteiger partial charge on any atom is -0.389 e. The van der Waals surface area contributed by atoms with Gasteiger partial charge in [-0.2, -0.15) is 0 Å². The van der Waals surface area contributed by atoms with Gasteiger partial charge in [-0.05, 0) is 30.4 Å². The lowest BCUT2D eigenvalue weighted by Crippen LogP contribution is -2.21. The van der Waals surface area contributed by atoms with Crippen molar-refractivity contribution in [1.82, 2.24) is 9.55 Å². The Bertz CT molecular complexity index is 970. The van der Waals surface area contributed by atoms with Crippen LogP contribution in [0.15, 0.2) is 35.4 Å². The van der Waals surface area contributed by atoms with E-state index in [1.807, 2.05) is 24.3 Å². The van der Waals surface area contributed by atoms with Crippen LogP contribution in [0, 0.1) is 0 Å². The molecule has 0 amide bonds. The standard InChI is InChI=1S/C17H15N3OS2/c18-15(22)11-6-4-10(5-7-11)8-20-9-19-16-14(17(20)21)12-2-1-3-13(12)23-16/h4-7,9H,1-3,8H2,(H2,18,22). The van der Waals surface area contributed by atoms with Gasteiger partial charge in [-0.15, -0.1) is 11.3 Å². The Morgan fingerprint density at radius 3 is 2.83 bits per heavy atom. The Hall–Kier alpha value is -2.05. The van der Waals surface area contributed by atoms with Crippen molar-refractivity contribution in [2.24, 2.45) is 5.73 Å². The molecule has 0 radical (unpaired) electrons. The highest BCUT2D eigenvalue weighted by molar-refractivity contribution is 7.80. The molecule has 2 aromatic heterocycles. The van der Waals surface area contributed by atoms with Gasteiger partial charge in [-0.3, -0.25) is 9.36 Å². The second-order valence-electron chi connectivity index (χ2n) is 5.78. The number of thiophene rings is 1. The molecule has 116 valence electrons. The highest BCUT2D eigenvalue weighted by Crippen LogP contribution is 2.34. The maximum absolute atomic E-state index is 12.8. The summed E-state index contributed by atoms with van der Waals surface area (Å²) in [6, 6.07) is 7.67. The lowest BCUT2D eigenvalue weighted by atomic mass is 10.1. The van der Waals surface area contributed by atoms with Gasteiger partial charge in [0, 0.05) is 10.4 Å². The van der Waals surface area contributed by atoms with E-state index in [0.717, 1.165) is 40.6 Å². The van der Waals surface area contributed by atoms with Crippen LogP contribution < -0.4 is 11.3 Å². The molecule has 0 fully saturated rings. The molecular formula is C17H15N3OS2. The SMILES string of the molecule is NC(=S)c1ccc(Cn2cnc3sc4c(c3c2=O)CCC4)cc1. The van der Waals surface area contributed by atoms with Crippen molar-refractivity contribution >= 4 is 38.8 Å². The Morgan fingerprint density at radius 1 is 1.30 bits per heavy atom. The fourth-order valence-corrected chi connectivity index (χ4v) is 4.46. The molecule has 23 heavy (non-hydrogen) atoms. The molecule has 1 aliphatic rings. The zero-order valence-electron chi connectivity index (χ0n) is 12.4. The molecule has 0 saturated carbocycles. The molecule has 0 bridgehead atoms. The predicted molar refractivity (Wildman–Crippen MR) is 97.3 cm³/mol. The van der Waals surface area contributed by atoms with Gasteiger partial charge in [0.25, 0.3) is 5.56 Å². The normalized spacial score (nSPS) is 13.4. The van der Waals surface area contributed by atoms with Crippen molar-refractivity contribution < 1.29 is 0 Å². The van der Waals surface area contributed by atoms with Crippen LogP contribution >= 0.6 is 23.6 Å². The van der Waals surface area contributed by atoms with Gasteiger partial charge in [0.2, 0.25) is 0 Å². The van der Waals surface area contributed by atoms with E-state index in [2.05, 4.69) is 4.98 Å². The minimum atomic E-state index is 0.0628. The second kappa shape index (κ2) is 5.54. The number of thiocarbonyl (C=S) groups is 1. The van der Waals surface area contributed by atoms with E-state index in [-0.39, 0.29) is 5.56 Å². The summed E-state index contributed by atoms with van der Waals surface area (Å²) in [5, 5.41) is 0.824. The third-order valence-electron chi connectivity index (χ3n) is 4.28. The number of aromatic nitrogens is 2. The van der Waals surface area contributed by atoms with Gasteiger partial charge in [-0.25, -0.2) is 4.98 Å². The molecule has 4 rings (SSSR count). The average molecular weight is 341 g/mol. The van der Waals surface area contributed by atoms with E-state index < -0.39 is 0 Å². The van der Waals surface area contributed by atoms with E-state index in [1.165, 1.54) is 10.4 Å². The van der Waals surface area contributed by atoms with Crippen LogP contribution in [0.25, 0.3) is 10.2 Å². The molecule has 0 atom stereocenters. The minimum absolute atomic E-state index is 0.0628. The van der Waals surface area contributed by atoms with Crippen LogP contribution in [0.2, 0.25) is 0 Å². The Kier molecular flexibility index (Phi) is 3.50. The second-order valence-corrected chi connectivity index (χ2v) is 7.30. The van der Waals surface area contributed by atoms with Gasteiger partial charge in [0.1, 0.15) is 9.82 Å². The smallest absolute Gasteiger partial charge is 0.262 e. The van der Waals surface area contributed by atoms with Gasteiger partial charge in [-0.1, -0.05) is 36.5 Å². The molecule has 0 spiro atoms. The molecule has 6 heteroatoms. The summed E-state index contributed by atoms with van der Waals surface area (Å²) in [5.74, 6) is 0. The first-order chi connectivity index (χ1) is 11.1. The number of nitrogens with two attached hydrogens (primary N) is 1. The molecule has 0 saturated heterocycles. The first kappa shape index (κ1) is 14.5. The van der Waals surface area contributed by atoms with Gasteiger partial charge < -0.3 is 5.73 Å². The van der Waals surface area contributed by atoms with Crippen molar-refractivity contribution in [3.8, 4) is 0 Å². The fraction of sp³-hybridized carbons (Fsp3) is 0.235. The third-order valence-corrected chi connectivity index (χ3v) is 5.72. The Labute approximate surface area is 142 Å². The number of fused-ring (bicyclic) bond motifs is 3. The molecular weight excluding hydrogens is 326 g/mol. The molecule has 1 aromatic carbocycles. The quantitative estimate of drug-likeness (QED) is 0.744. The van der Waals surface area contributed by atoms with E-state index in [0.29, 0.717) is 11.5 Å². The van der Waals surface area contributed by atoms with Gasteiger partial charge in [0.15, 0.2) is 0 Å². The van der Waals surface area contributed by atoms with Crippen LogP contribution in [0.5, 0.6) is 0 Å². The molecule has 2 N–H and O–H groups in total.